The molecule has 3 rings (SSSR count). The molecule has 172 valence electrons. The average molecular weight is 438 g/mol. The van der Waals surface area contributed by atoms with Gasteiger partial charge in [-0.3, -0.25) is 0 Å². The number of methoxy groups -OCH3 is 3. The number of rotatable bonds is 11. The van der Waals surface area contributed by atoms with Crippen LogP contribution in [0.25, 0.3) is 10.9 Å². The van der Waals surface area contributed by atoms with E-state index in [2.05, 4.69) is 55.3 Å². The standard InChI is InChI=1S/C26H35N3O3/c1-7-12-29(13-8-2)22-11-9-10-21-20(22)14-18(3)26(27-21)28-25-23(31-5)15-19(17-30-4)16-24(25)32-6/h9-11,14-16H,7-8,12-13,17H2,1-6H3,(H,27,28). The summed E-state index contributed by atoms with van der Waals surface area (Å²) < 4.78 is 16.6. The molecule has 0 atom stereocenters. The molecular weight excluding hydrogens is 402 g/mol. The third kappa shape index (κ3) is 5.07. The summed E-state index contributed by atoms with van der Waals surface area (Å²) in [7, 11) is 4.98. The van der Waals surface area contributed by atoms with Gasteiger partial charge in [-0.1, -0.05) is 19.9 Å². The molecule has 0 unspecified atom stereocenters. The van der Waals surface area contributed by atoms with E-state index in [1.165, 1.54) is 11.1 Å². The van der Waals surface area contributed by atoms with Gasteiger partial charge in [-0.15, -0.1) is 0 Å². The van der Waals surface area contributed by atoms with Crippen LogP contribution in [0.15, 0.2) is 36.4 Å². The molecule has 0 saturated heterocycles. The lowest BCUT2D eigenvalue weighted by Crippen LogP contribution is -2.25. The van der Waals surface area contributed by atoms with E-state index in [-0.39, 0.29) is 0 Å². The Morgan fingerprint density at radius 2 is 1.59 bits per heavy atom. The maximum atomic E-state index is 5.65. The van der Waals surface area contributed by atoms with Crippen LogP contribution in [0.1, 0.15) is 37.8 Å². The van der Waals surface area contributed by atoms with Crippen molar-refractivity contribution in [1.29, 1.82) is 0 Å². The van der Waals surface area contributed by atoms with E-state index in [9.17, 15) is 0 Å². The van der Waals surface area contributed by atoms with Gasteiger partial charge in [0.25, 0.3) is 0 Å². The second-order valence-electron chi connectivity index (χ2n) is 7.92. The normalized spacial score (nSPS) is 10.9. The number of ether oxygens (including phenoxy) is 3. The SMILES string of the molecule is CCCN(CCC)c1cccc2nc(Nc3c(OC)cc(COC)cc3OC)c(C)cc12. The Morgan fingerprint density at radius 3 is 2.16 bits per heavy atom. The first kappa shape index (κ1) is 23.7. The zero-order chi connectivity index (χ0) is 23.1. The van der Waals surface area contributed by atoms with Gasteiger partial charge in [-0.2, -0.15) is 0 Å². The summed E-state index contributed by atoms with van der Waals surface area (Å²) in [4.78, 5) is 7.42. The largest absolute Gasteiger partial charge is 0.494 e. The van der Waals surface area contributed by atoms with Crippen LogP contribution < -0.4 is 19.7 Å². The van der Waals surface area contributed by atoms with E-state index in [0.717, 1.165) is 54.1 Å². The van der Waals surface area contributed by atoms with Gasteiger partial charge in [0.15, 0.2) is 0 Å². The van der Waals surface area contributed by atoms with Crippen LogP contribution in [-0.2, 0) is 11.3 Å². The van der Waals surface area contributed by atoms with Crippen LogP contribution in [-0.4, -0.2) is 39.4 Å². The summed E-state index contributed by atoms with van der Waals surface area (Å²) in [6.45, 7) is 9.07. The van der Waals surface area contributed by atoms with Gasteiger partial charge in [0.05, 0.1) is 26.3 Å². The molecule has 0 aliphatic carbocycles. The van der Waals surface area contributed by atoms with E-state index in [1.807, 2.05) is 12.1 Å². The molecule has 6 nitrogen and oxygen atoms in total. The second kappa shape index (κ2) is 11.0. The van der Waals surface area contributed by atoms with Gasteiger partial charge >= 0.3 is 0 Å². The summed E-state index contributed by atoms with van der Waals surface area (Å²) in [5.74, 6) is 2.15. The van der Waals surface area contributed by atoms with Crippen molar-refractivity contribution in [2.24, 2.45) is 0 Å². The molecule has 0 saturated carbocycles. The molecule has 2 aromatic carbocycles. The number of pyridine rings is 1. The van der Waals surface area contributed by atoms with E-state index in [4.69, 9.17) is 19.2 Å². The predicted octanol–water partition coefficient (Wildman–Crippen LogP) is 6.08. The molecule has 0 bridgehead atoms. The lowest BCUT2D eigenvalue weighted by atomic mass is 10.1. The molecular formula is C26H35N3O3. The molecule has 0 aliphatic rings. The zero-order valence-corrected chi connectivity index (χ0v) is 20.1. The van der Waals surface area contributed by atoms with Crippen molar-refractivity contribution in [2.75, 3.05) is 44.6 Å². The van der Waals surface area contributed by atoms with Gasteiger partial charge < -0.3 is 24.4 Å². The van der Waals surface area contributed by atoms with Crippen molar-refractivity contribution in [3.8, 4) is 11.5 Å². The van der Waals surface area contributed by atoms with Crippen molar-refractivity contribution >= 4 is 28.1 Å². The monoisotopic (exact) mass is 437 g/mol. The summed E-state index contributed by atoms with van der Waals surface area (Å²) >= 11 is 0. The summed E-state index contributed by atoms with van der Waals surface area (Å²) in [5.41, 5.74) is 4.99. The number of anilines is 3. The number of aryl methyl sites for hydroxylation is 1. The maximum absolute atomic E-state index is 5.65. The highest BCUT2D eigenvalue weighted by molar-refractivity contribution is 5.94. The lowest BCUT2D eigenvalue weighted by Gasteiger charge is -2.25. The number of aromatic nitrogens is 1. The smallest absolute Gasteiger partial charge is 0.146 e. The zero-order valence-electron chi connectivity index (χ0n) is 20.1. The van der Waals surface area contributed by atoms with E-state index < -0.39 is 0 Å². The third-order valence-electron chi connectivity index (χ3n) is 5.47. The van der Waals surface area contributed by atoms with Crippen LogP contribution in [0.5, 0.6) is 11.5 Å². The van der Waals surface area contributed by atoms with E-state index >= 15 is 0 Å². The van der Waals surface area contributed by atoms with E-state index in [0.29, 0.717) is 18.1 Å². The fourth-order valence-corrected chi connectivity index (χ4v) is 4.03. The van der Waals surface area contributed by atoms with Crippen molar-refractivity contribution in [3.05, 3.63) is 47.5 Å². The van der Waals surface area contributed by atoms with Crippen LogP contribution in [0.4, 0.5) is 17.2 Å². The van der Waals surface area contributed by atoms with Gasteiger partial charge in [0.1, 0.15) is 23.0 Å². The first-order chi connectivity index (χ1) is 15.6. The van der Waals surface area contributed by atoms with E-state index in [1.54, 1.807) is 21.3 Å². The summed E-state index contributed by atoms with van der Waals surface area (Å²) in [6.07, 6.45) is 2.22. The Labute approximate surface area is 191 Å². The van der Waals surface area contributed by atoms with Gasteiger partial charge in [-0.05, 0) is 61.2 Å². The number of nitrogens with zero attached hydrogens (tertiary/aromatic N) is 2. The Morgan fingerprint density at radius 1 is 0.938 bits per heavy atom. The molecule has 0 radical (unpaired) electrons. The highest BCUT2D eigenvalue weighted by atomic mass is 16.5. The highest BCUT2D eigenvalue weighted by Crippen LogP contribution is 2.39. The lowest BCUT2D eigenvalue weighted by molar-refractivity contribution is 0.184. The minimum atomic E-state index is 0.481. The quantitative estimate of drug-likeness (QED) is 0.392. The molecule has 1 N–H and O–H groups in total. The van der Waals surface area contributed by atoms with Crippen LogP contribution >= 0.6 is 0 Å². The molecule has 32 heavy (non-hydrogen) atoms. The molecule has 1 heterocycles. The Bertz CT molecular complexity index is 1020. The van der Waals surface area contributed by atoms with Crippen molar-refractivity contribution in [3.63, 3.8) is 0 Å². The number of benzene rings is 2. The highest BCUT2D eigenvalue weighted by Gasteiger charge is 2.17. The minimum absolute atomic E-state index is 0.481. The Hall–Kier alpha value is -2.99. The van der Waals surface area contributed by atoms with Crippen LogP contribution in [0, 0.1) is 6.92 Å². The summed E-state index contributed by atoms with van der Waals surface area (Å²) in [5, 5.41) is 4.63. The maximum Gasteiger partial charge on any atom is 0.146 e. The predicted molar refractivity (Wildman–Crippen MR) is 133 cm³/mol. The first-order valence-electron chi connectivity index (χ1n) is 11.2. The van der Waals surface area contributed by atoms with Crippen molar-refractivity contribution < 1.29 is 14.2 Å². The molecule has 3 aromatic rings. The Kier molecular flexibility index (Phi) is 8.17. The number of hydrogen-bond acceptors (Lipinski definition) is 6. The average Bonchev–Trinajstić information content (AvgIpc) is 2.79. The molecule has 0 spiro atoms. The second-order valence-corrected chi connectivity index (χ2v) is 7.92. The van der Waals surface area contributed by atoms with Gasteiger partial charge in [0.2, 0.25) is 0 Å². The Balaban J connectivity index is 2.05. The molecule has 1 aromatic heterocycles. The molecule has 6 heteroatoms. The number of nitrogens with one attached hydrogen (secondary N) is 1. The molecule has 0 fully saturated rings. The first-order valence-corrected chi connectivity index (χ1v) is 11.2. The molecule has 0 aliphatic heterocycles. The molecule has 0 amide bonds. The van der Waals surface area contributed by atoms with Gasteiger partial charge in [0, 0.05) is 31.3 Å². The van der Waals surface area contributed by atoms with Crippen LogP contribution in [0.3, 0.4) is 0 Å². The fraction of sp³-hybridized carbons (Fsp3) is 0.423. The minimum Gasteiger partial charge on any atom is -0.494 e. The topological polar surface area (TPSA) is 55.9 Å². The number of fused-ring (bicyclic) bond motifs is 1. The van der Waals surface area contributed by atoms with Crippen LogP contribution in [0.2, 0.25) is 0 Å². The van der Waals surface area contributed by atoms with Crippen molar-refractivity contribution in [1.82, 2.24) is 4.98 Å². The third-order valence-corrected chi connectivity index (χ3v) is 5.47. The fourth-order valence-electron chi connectivity index (χ4n) is 4.03. The summed E-state index contributed by atoms with van der Waals surface area (Å²) in [6, 6.07) is 12.5. The van der Waals surface area contributed by atoms with Crippen molar-refractivity contribution in [2.45, 2.75) is 40.2 Å². The van der Waals surface area contributed by atoms with Gasteiger partial charge in [-0.25, -0.2) is 4.98 Å². The number of hydrogen-bond donors (Lipinski definition) is 1.